The van der Waals surface area contributed by atoms with Crippen molar-refractivity contribution in [3.8, 4) is 5.75 Å². The summed E-state index contributed by atoms with van der Waals surface area (Å²) < 4.78 is 17.2. The average molecular weight is 587 g/mol. The van der Waals surface area contributed by atoms with E-state index in [4.69, 9.17) is 25.1 Å². The summed E-state index contributed by atoms with van der Waals surface area (Å²) in [5, 5.41) is 58.9. The number of aliphatic imine (C=N–C) groups is 1. The van der Waals surface area contributed by atoms with Crippen molar-refractivity contribution < 1.29 is 59.2 Å². The summed E-state index contributed by atoms with van der Waals surface area (Å²) in [6.07, 6.45) is -8.87. The molecule has 16 nitrogen and oxygen atoms in total. The molecule has 0 spiro atoms. The maximum atomic E-state index is 13.3. The molecule has 2 aliphatic heterocycles. The highest BCUT2D eigenvalue weighted by molar-refractivity contribution is 6.17. The first-order valence-corrected chi connectivity index (χ1v) is 12.5. The molecule has 1 saturated heterocycles. The first kappa shape index (κ1) is 29.2. The number of H-pyrrole nitrogens is 1. The van der Waals surface area contributed by atoms with E-state index in [1.807, 2.05) is 0 Å². The molecule has 2 aromatic rings. The van der Waals surface area contributed by atoms with Crippen LogP contribution >= 0.6 is 0 Å². The number of ether oxygens (including phenoxy) is 3. The molecule has 0 saturated carbocycles. The second-order valence-corrected chi connectivity index (χ2v) is 9.71. The number of rotatable bonds is 8. The van der Waals surface area contributed by atoms with Gasteiger partial charge in [-0.1, -0.05) is 6.07 Å². The van der Waals surface area contributed by atoms with Crippen LogP contribution in [-0.4, -0.2) is 102 Å². The van der Waals surface area contributed by atoms with Crippen molar-refractivity contribution in [3.05, 3.63) is 68.8 Å². The summed E-state index contributed by atoms with van der Waals surface area (Å²) in [6, 6.07) is 3.63. The number of aliphatic hydroxyl groups excluding tert-OH is 4. The lowest BCUT2D eigenvalue weighted by atomic mass is 9.93. The summed E-state index contributed by atoms with van der Waals surface area (Å²) in [4.78, 5) is 56.1. The van der Waals surface area contributed by atoms with Crippen LogP contribution in [0.15, 0.2) is 45.9 Å². The number of aromatic amines is 1. The molecule has 222 valence electrons. The number of benzene rings is 1. The second-order valence-electron chi connectivity index (χ2n) is 9.71. The lowest BCUT2D eigenvalue weighted by Gasteiger charge is -2.41. The number of pyridine rings is 1. The third-order valence-electron chi connectivity index (χ3n) is 6.94. The normalized spacial score (nSPS) is 26.9. The van der Waals surface area contributed by atoms with E-state index in [1.54, 1.807) is 0 Å². The third kappa shape index (κ3) is 5.12. The van der Waals surface area contributed by atoms with Crippen LogP contribution in [0.1, 0.15) is 44.6 Å². The number of carbonyl (C=O) groups excluding carboxylic acids is 1. The number of nitrogens with zero attached hydrogens (tertiary/aromatic N) is 1. The van der Waals surface area contributed by atoms with E-state index in [-0.39, 0.29) is 39.7 Å². The summed E-state index contributed by atoms with van der Waals surface area (Å²) >= 11 is 0. The van der Waals surface area contributed by atoms with Crippen molar-refractivity contribution in [2.24, 2.45) is 10.7 Å². The Morgan fingerprint density at radius 1 is 1.12 bits per heavy atom. The number of aromatic carboxylic acids is 1. The first-order valence-electron chi connectivity index (χ1n) is 12.5. The van der Waals surface area contributed by atoms with Crippen molar-refractivity contribution in [1.29, 1.82) is 0 Å². The number of aliphatic carboxylic acids is 1. The highest BCUT2D eigenvalue weighted by atomic mass is 16.7. The molecule has 5 rings (SSSR count). The number of aliphatic hydroxyl groups is 4. The molecule has 1 aliphatic carbocycles. The number of carbonyl (C=O) groups is 3. The zero-order valence-corrected chi connectivity index (χ0v) is 21.4. The van der Waals surface area contributed by atoms with E-state index in [0.717, 1.165) is 6.07 Å². The predicted molar refractivity (Wildman–Crippen MR) is 138 cm³/mol. The number of fused-ring (bicyclic) bond motifs is 4. The number of ketones is 1. The van der Waals surface area contributed by atoms with Gasteiger partial charge >= 0.3 is 11.9 Å². The highest BCUT2D eigenvalue weighted by Crippen LogP contribution is 2.42. The fourth-order valence-corrected chi connectivity index (χ4v) is 4.77. The number of aromatic nitrogens is 1. The van der Waals surface area contributed by atoms with Crippen LogP contribution in [0.5, 0.6) is 5.75 Å². The monoisotopic (exact) mass is 587 g/mol. The highest BCUT2D eigenvalue weighted by Gasteiger charge is 2.46. The number of carboxylic acids is 2. The van der Waals surface area contributed by atoms with E-state index >= 15 is 0 Å². The smallest absolute Gasteiger partial charge is 0.352 e. The Hall–Kier alpha value is -4.29. The van der Waals surface area contributed by atoms with Crippen LogP contribution in [0.3, 0.4) is 0 Å². The molecule has 9 N–H and O–H groups in total. The van der Waals surface area contributed by atoms with Gasteiger partial charge in [0.05, 0.1) is 17.9 Å². The number of nitrogens with one attached hydrogen (secondary N) is 1. The predicted octanol–water partition coefficient (Wildman–Crippen LogP) is -1.67. The molecule has 1 aromatic carbocycles. The third-order valence-corrected chi connectivity index (χ3v) is 6.94. The van der Waals surface area contributed by atoms with Crippen LogP contribution in [0.4, 0.5) is 5.69 Å². The molecule has 16 heteroatoms. The van der Waals surface area contributed by atoms with Crippen molar-refractivity contribution in [2.75, 3.05) is 6.61 Å². The minimum absolute atomic E-state index is 0.0202. The number of para-hydroxylation sites is 1. The van der Waals surface area contributed by atoms with Crippen LogP contribution in [-0.2, 0) is 14.3 Å². The maximum absolute atomic E-state index is 13.3. The summed E-state index contributed by atoms with van der Waals surface area (Å²) in [7, 11) is 0. The maximum Gasteiger partial charge on any atom is 0.352 e. The molecule has 0 radical (unpaired) electrons. The van der Waals surface area contributed by atoms with E-state index in [1.165, 1.54) is 24.3 Å². The number of nitrogens with two attached hydrogens (primary N) is 1. The Balaban J connectivity index is 1.60. The van der Waals surface area contributed by atoms with Crippen LogP contribution < -0.4 is 15.9 Å². The minimum atomic E-state index is -1.81. The summed E-state index contributed by atoms with van der Waals surface area (Å²) in [5.41, 5.74) is 3.66. The molecular weight excluding hydrogens is 562 g/mol. The second kappa shape index (κ2) is 11.2. The zero-order valence-electron chi connectivity index (χ0n) is 21.4. The average Bonchev–Trinajstić information content (AvgIpc) is 2.95. The van der Waals surface area contributed by atoms with Gasteiger partial charge in [0.25, 0.3) is 0 Å². The molecule has 0 amide bonds. The van der Waals surface area contributed by atoms with Crippen LogP contribution in [0.25, 0.3) is 0 Å². The molecule has 0 bridgehead atoms. The van der Waals surface area contributed by atoms with Crippen LogP contribution in [0.2, 0.25) is 0 Å². The van der Waals surface area contributed by atoms with Crippen molar-refractivity contribution in [1.82, 2.24) is 4.98 Å². The minimum Gasteiger partial charge on any atom is -0.480 e. The Morgan fingerprint density at radius 2 is 1.86 bits per heavy atom. The number of hydrogen-bond donors (Lipinski definition) is 8. The fourth-order valence-electron chi connectivity index (χ4n) is 4.77. The summed E-state index contributed by atoms with van der Waals surface area (Å²) in [5.74, 6) is -3.50. The Morgan fingerprint density at radius 3 is 2.52 bits per heavy atom. The SMILES string of the molecule is NC(CC(=O)c1cccc2c1N=C1C(=CC(O[C@@H]3O[C@H](CO)[C@@H](O)[C@H](O)[C@H]3O)c3[nH]c(C(=O)O)cc(=O)c31)O2)C(=O)O. The van der Waals surface area contributed by atoms with E-state index < -0.39 is 84.7 Å². The number of allylic oxidation sites excluding steroid dienone is 1. The van der Waals surface area contributed by atoms with E-state index in [2.05, 4.69) is 9.98 Å². The van der Waals surface area contributed by atoms with E-state index in [9.17, 15) is 44.7 Å². The number of Topliss-reactive ketones (excluding diaryl/α,β-unsaturated/α-hetero) is 1. The van der Waals surface area contributed by atoms with Gasteiger partial charge in [0, 0.05) is 18.1 Å². The molecule has 7 atom stereocenters. The Labute approximate surface area is 234 Å². The van der Waals surface area contributed by atoms with Gasteiger partial charge in [0.15, 0.2) is 29.0 Å². The van der Waals surface area contributed by atoms with Gasteiger partial charge < -0.3 is 55.6 Å². The van der Waals surface area contributed by atoms with Gasteiger partial charge in [0.1, 0.15) is 53.7 Å². The molecule has 1 aromatic heterocycles. The largest absolute Gasteiger partial charge is 0.480 e. The Kier molecular flexibility index (Phi) is 7.78. The van der Waals surface area contributed by atoms with Gasteiger partial charge in [-0.15, -0.1) is 0 Å². The van der Waals surface area contributed by atoms with Gasteiger partial charge in [-0.2, -0.15) is 0 Å². The van der Waals surface area contributed by atoms with Gasteiger partial charge in [0.2, 0.25) is 0 Å². The molecule has 1 fully saturated rings. The topological polar surface area (TPSA) is 272 Å². The zero-order chi connectivity index (χ0) is 30.5. The Bertz CT molecular complexity index is 1580. The molecular formula is C26H25N3O13. The van der Waals surface area contributed by atoms with Gasteiger partial charge in [-0.3, -0.25) is 14.4 Å². The molecule has 42 heavy (non-hydrogen) atoms. The molecule has 3 heterocycles. The summed E-state index contributed by atoms with van der Waals surface area (Å²) in [6.45, 7) is -0.734. The lowest BCUT2D eigenvalue weighted by Crippen LogP contribution is -2.59. The lowest BCUT2D eigenvalue weighted by molar-refractivity contribution is -0.308. The van der Waals surface area contributed by atoms with Crippen molar-refractivity contribution >= 4 is 29.1 Å². The number of carboxylic acid groups (broad SMARTS) is 2. The number of hydrogen-bond acceptors (Lipinski definition) is 13. The van der Waals surface area contributed by atoms with Crippen molar-refractivity contribution in [2.45, 2.75) is 49.3 Å². The van der Waals surface area contributed by atoms with Gasteiger partial charge in [-0.05, 0) is 18.2 Å². The van der Waals surface area contributed by atoms with Gasteiger partial charge in [-0.25, -0.2) is 9.79 Å². The first-order chi connectivity index (χ1) is 19.9. The quantitative estimate of drug-likeness (QED) is 0.160. The standard InChI is InChI=1S/C26H25N3O13/c27-9(24(36)37)4-11(31)8-2-1-3-13-18(8)29-20-14(40-13)6-15(19-17(20)12(32)5-10(28-19)25(38)39)41-26-23(35)22(34)21(33)16(7-30)42-26/h1-3,5-6,9,15-16,21-23,26,30,33-35H,4,7,27H2,(H,28,32)(H,36,37)(H,38,39)/t9?,15?,16-,21-,22+,23-,26-/m1/s1. The molecule has 3 aliphatic rings. The fraction of sp³-hybridized carbons (Fsp3) is 0.346. The van der Waals surface area contributed by atoms with E-state index in [0.29, 0.717) is 0 Å². The van der Waals surface area contributed by atoms with Crippen molar-refractivity contribution in [3.63, 3.8) is 0 Å². The molecule has 2 unspecified atom stereocenters. The van der Waals surface area contributed by atoms with Crippen LogP contribution in [0, 0.1) is 0 Å².